The smallest absolute Gasteiger partial charge is 0.282 e. The standard InChI is InChI=1S/C33H31N3O3/c1-38-27-19-17-25(18-20-27)29-28(22-39-21-23-11-5-2-6-12-23)34-32-30(24-13-7-3-8-14-24)31(35-36(32)33(29)37)26-15-9-4-10-16-26/h2,4-6,9-13,15-20,34H,3,7-8,14,21-22H2,1H3. The number of rotatable bonds is 8. The van der Waals surface area contributed by atoms with Gasteiger partial charge in [0.05, 0.1) is 31.6 Å². The molecule has 6 rings (SSSR count). The molecule has 0 spiro atoms. The molecule has 3 aromatic carbocycles. The van der Waals surface area contributed by atoms with Gasteiger partial charge in [-0.25, -0.2) is 0 Å². The van der Waals surface area contributed by atoms with E-state index < -0.39 is 0 Å². The van der Waals surface area contributed by atoms with Crippen LogP contribution in [0.3, 0.4) is 0 Å². The Balaban J connectivity index is 1.54. The van der Waals surface area contributed by atoms with Crippen LogP contribution in [-0.4, -0.2) is 21.7 Å². The number of allylic oxidation sites excluding steroid dienone is 2. The van der Waals surface area contributed by atoms with E-state index >= 15 is 0 Å². The highest BCUT2D eigenvalue weighted by atomic mass is 16.5. The highest BCUT2D eigenvalue weighted by molar-refractivity contribution is 5.88. The Morgan fingerprint density at radius 3 is 2.28 bits per heavy atom. The number of hydrogen-bond donors (Lipinski definition) is 1. The van der Waals surface area contributed by atoms with E-state index in [0.29, 0.717) is 17.8 Å². The van der Waals surface area contributed by atoms with Gasteiger partial charge >= 0.3 is 0 Å². The summed E-state index contributed by atoms with van der Waals surface area (Å²) in [6, 6.07) is 27.7. The molecule has 39 heavy (non-hydrogen) atoms. The molecule has 0 saturated carbocycles. The lowest BCUT2D eigenvalue weighted by Gasteiger charge is -2.15. The molecular formula is C33H31N3O3. The summed E-state index contributed by atoms with van der Waals surface area (Å²) in [4.78, 5) is 17.8. The lowest BCUT2D eigenvalue weighted by molar-refractivity contribution is 0.105. The number of benzene rings is 3. The van der Waals surface area contributed by atoms with Crippen molar-refractivity contribution in [3.8, 4) is 28.1 Å². The summed E-state index contributed by atoms with van der Waals surface area (Å²) in [6.45, 7) is 0.703. The molecule has 5 aromatic rings. The summed E-state index contributed by atoms with van der Waals surface area (Å²) in [5, 5.41) is 4.91. The molecule has 2 aromatic heterocycles. The number of nitrogens with one attached hydrogen (secondary N) is 1. The van der Waals surface area contributed by atoms with Crippen LogP contribution in [0.15, 0.2) is 95.8 Å². The second-order valence-electron chi connectivity index (χ2n) is 9.82. The minimum absolute atomic E-state index is 0.174. The van der Waals surface area contributed by atoms with Crippen molar-refractivity contribution in [2.45, 2.75) is 38.9 Å². The maximum atomic E-state index is 14.2. The predicted molar refractivity (Wildman–Crippen MR) is 155 cm³/mol. The van der Waals surface area contributed by atoms with Gasteiger partial charge in [-0.15, -0.1) is 0 Å². The molecule has 196 valence electrons. The first kappa shape index (κ1) is 24.9. The van der Waals surface area contributed by atoms with Gasteiger partial charge < -0.3 is 14.5 Å². The van der Waals surface area contributed by atoms with Crippen molar-refractivity contribution in [3.63, 3.8) is 0 Å². The van der Waals surface area contributed by atoms with E-state index in [0.717, 1.165) is 58.7 Å². The van der Waals surface area contributed by atoms with E-state index in [4.69, 9.17) is 14.6 Å². The highest BCUT2D eigenvalue weighted by Crippen LogP contribution is 2.36. The SMILES string of the molecule is COc1ccc(-c2c(COCc3ccccc3)[nH]c3c(C4=CCCCC4)c(-c4ccccc4)nn3c2=O)cc1. The van der Waals surface area contributed by atoms with Crippen molar-refractivity contribution in [2.75, 3.05) is 7.11 Å². The topological polar surface area (TPSA) is 68.6 Å². The van der Waals surface area contributed by atoms with Crippen molar-refractivity contribution in [2.24, 2.45) is 0 Å². The van der Waals surface area contributed by atoms with Crippen molar-refractivity contribution < 1.29 is 9.47 Å². The molecule has 1 N–H and O–H groups in total. The molecule has 0 bridgehead atoms. The first-order chi connectivity index (χ1) is 19.2. The largest absolute Gasteiger partial charge is 0.497 e. The van der Waals surface area contributed by atoms with Gasteiger partial charge in [0.2, 0.25) is 0 Å². The number of aromatic nitrogens is 3. The number of nitrogens with zero attached hydrogens (tertiary/aromatic N) is 2. The minimum Gasteiger partial charge on any atom is -0.497 e. The van der Waals surface area contributed by atoms with Gasteiger partial charge in [0.25, 0.3) is 5.56 Å². The van der Waals surface area contributed by atoms with Crippen LogP contribution in [0.25, 0.3) is 33.6 Å². The van der Waals surface area contributed by atoms with E-state index in [9.17, 15) is 4.79 Å². The second-order valence-corrected chi connectivity index (χ2v) is 9.82. The summed E-state index contributed by atoms with van der Waals surface area (Å²) in [6.07, 6.45) is 6.60. The summed E-state index contributed by atoms with van der Waals surface area (Å²) in [7, 11) is 1.63. The quantitative estimate of drug-likeness (QED) is 0.240. The fourth-order valence-corrected chi connectivity index (χ4v) is 5.30. The third-order valence-electron chi connectivity index (χ3n) is 7.26. The minimum atomic E-state index is -0.174. The maximum Gasteiger partial charge on any atom is 0.282 e. The zero-order chi connectivity index (χ0) is 26.6. The fourth-order valence-electron chi connectivity index (χ4n) is 5.30. The van der Waals surface area contributed by atoms with Crippen molar-refractivity contribution in [3.05, 3.63) is 118 Å². The Bertz CT molecular complexity index is 1670. The average molecular weight is 518 g/mol. The van der Waals surface area contributed by atoms with Crippen LogP contribution in [0, 0.1) is 0 Å². The molecule has 1 aliphatic carbocycles. The van der Waals surface area contributed by atoms with Gasteiger partial charge in [-0.05, 0) is 54.5 Å². The van der Waals surface area contributed by atoms with Gasteiger partial charge in [0.1, 0.15) is 17.1 Å². The van der Waals surface area contributed by atoms with Gasteiger partial charge in [0.15, 0.2) is 0 Å². The van der Waals surface area contributed by atoms with E-state index in [2.05, 4.69) is 11.1 Å². The fraction of sp³-hybridized carbons (Fsp3) is 0.212. The Hall–Kier alpha value is -4.42. The number of fused-ring (bicyclic) bond motifs is 1. The maximum absolute atomic E-state index is 14.2. The van der Waals surface area contributed by atoms with Crippen molar-refractivity contribution >= 4 is 11.2 Å². The van der Waals surface area contributed by atoms with E-state index in [1.165, 1.54) is 16.5 Å². The molecular weight excluding hydrogens is 486 g/mol. The van der Waals surface area contributed by atoms with Crippen LogP contribution in [0.2, 0.25) is 0 Å². The molecule has 2 heterocycles. The molecule has 0 radical (unpaired) electrons. The van der Waals surface area contributed by atoms with Gasteiger partial charge in [-0.1, -0.05) is 78.9 Å². The molecule has 0 aliphatic heterocycles. The Morgan fingerprint density at radius 2 is 1.59 bits per heavy atom. The average Bonchev–Trinajstić information content (AvgIpc) is 3.39. The lowest BCUT2D eigenvalue weighted by atomic mass is 9.92. The molecule has 0 fully saturated rings. The van der Waals surface area contributed by atoms with Crippen LogP contribution in [0.5, 0.6) is 5.75 Å². The lowest BCUT2D eigenvalue weighted by Crippen LogP contribution is -2.21. The van der Waals surface area contributed by atoms with Crippen LogP contribution >= 0.6 is 0 Å². The Kier molecular flexibility index (Phi) is 7.11. The normalized spacial score (nSPS) is 13.4. The van der Waals surface area contributed by atoms with E-state index in [-0.39, 0.29) is 12.2 Å². The number of methoxy groups -OCH3 is 1. The number of aromatic amines is 1. The zero-order valence-corrected chi connectivity index (χ0v) is 22.0. The molecule has 6 nitrogen and oxygen atoms in total. The third-order valence-corrected chi connectivity index (χ3v) is 7.26. The Morgan fingerprint density at radius 1 is 0.846 bits per heavy atom. The monoisotopic (exact) mass is 517 g/mol. The van der Waals surface area contributed by atoms with E-state index in [1.807, 2.05) is 84.9 Å². The highest BCUT2D eigenvalue weighted by Gasteiger charge is 2.24. The first-order valence-corrected chi connectivity index (χ1v) is 13.4. The molecule has 0 saturated heterocycles. The van der Waals surface area contributed by atoms with Crippen molar-refractivity contribution in [1.82, 2.24) is 14.6 Å². The van der Waals surface area contributed by atoms with Crippen LogP contribution < -0.4 is 10.3 Å². The molecule has 0 atom stereocenters. The van der Waals surface area contributed by atoms with Crippen LogP contribution in [-0.2, 0) is 18.0 Å². The molecule has 6 heteroatoms. The van der Waals surface area contributed by atoms with Crippen LogP contribution in [0.4, 0.5) is 0 Å². The second kappa shape index (κ2) is 11.1. The third kappa shape index (κ3) is 5.03. The summed E-state index contributed by atoms with van der Waals surface area (Å²) in [5.41, 5.74) is 7.72. The first-order valence-electron chi connectivity index (χ1n) is 13.4. The predicted octanol–water partition coefficient (Wildman–Crippen LogP) is 7.04. The number of hydrogen-bond acceptors (Lipinski definition) is 4. The van der Waals surface area contributed by atoms with E-state index in [1.54, 1.807) is 7.11 Å². The van der Waals surface area contributed by atoms with Gasteiger partial charge in [-0.2, -0.15) is 9.61 Å². The van der Waals surface area contributed by atoms with Crippen molar-refractivity contribution in [1.29, 1.82) is 0 Å². The summed E-state index contributed by atoms with van der Waals surface area (Å²) >= 11 is 0. The summed E-state index contributed by atoms with van der Waals surface area (Å²) in [5.74, 6) is 0.732. The molecule has 1 aliphatic rings. The molecule has 0 unspecified atom stereocenters. The van der Waals surface area contributed by atoms with Gasteiger partial charge in [-0.3, -0.25) is 4.79 Å². The Labute approximate surface area is 227 Å². The number of ether oxygens (including phenoxy) is 2. The number of H-pyrrole nitrogens is 1. The van der Waals surface area contributed by atoms with Crippen LogP contribution in [0.1, 0.15) is 42.5 Å². The summed E-state index contributed by atoms with van der Waals surface area (Å²) < 4.78 is 13.0. The zero-order valence-electron chi connectivity index (χ0n) is 22.0. The molecule has 0 amide bonds. The van der Waals surface area contributed by atoms with Gasteiger partial charge in [0, 0.05) is 11.1 Å².